The van der Waals surface area contributed by atoms with E-state index in [2.05, 4.69) is 5.32 Å². The lowest BCUT2D eigenvalue weighted by Gasteiger charge is -2.33. The van der Waals surface area contributed by atoms with E-state index in [1.54, 1.807) is 11.8 Å². The highest BCUT2D eigenvalue weighted by molar-refractivity contribution is 7.99. The molecule has 108 valence electrons. The monoisotopic (exact) mass is 285 g/mol. The Hall–Kier alpha value is 0.0600. The molecule has 0 radical (unpaired) electrons. The van der Waals surface area contributed by atoms with Crippen molar-refractivity contribution in [3.63, 3.8) is 0 Å². The van der Waals surface area contributed by atoms with E-state index < -0.39 is 12.1 Å². The van der Waals surface area contributed by atoms with Crippen LogP contribution in [0.15, 0.2) is 0 Å². The molecule has 1 fully saturated rings. The SMILES string of the molecule is CSC(CO)C(C)NC1CCC(C(F)(F)F)CC1. The molecular formula is C12H22F3NOS. The van der Waals surface area contributed by atoms with Gasteiger partial charge >= 0.3 is 6.18 Å². The minimum atomic E-state index is -4.04. The first kappa shape index (κ1) is 16.1. The lowest BCUT2D eigenvalue weighted by Crippen LogP contribution is -2.46. The molecule has 0 bridgehead atoms. The summed E-state index contributed by atoms with van der Waals surface area (Å²) in [6.07, 6.45) is -0.529. The van der Waals surface area contributed by atoms with Gasteiger partial charge in [0.1, 0.15) is 0 Å². The van der Waals surface area contributed by atoms with Crippen molar-refractivity contribution in [1.29, 1.82) is 0 Å². The fourth-order valence-electron chi connectivity index (χ4n) is 2.50. The van der Waals surface area contributed by atoms with E-state index in [1.807, 2.05) is 13.2 Å². The molecule has 0 spiro atoms. The van der Waals surface area contributed by atoms with Crippen molar-refractivity contribution in [3.05, 3.63) is 0 Å². The molecule has 0 heterocycles. The molecule has 1 saturated carbocycles. The van der Waals surface area contributed by atoms with Gasteiger partial charge in [0.15, 0.2) is 0 Å². The van der Waals surface area contributed by atoms with Crippen molar-refractivity contribution < 1.29 is 18.3 Å². The minimum Gasteiger partial charge on any atom is -0.395 e. The van der Waals surface area contributed by atoms with Crippen LogP contribution in [0.1, 0.15) is 32.6 Å². The van der Waals surface area contributed by atoms with Crippen LogP contribution in [0, 0.1) is 5.92 Å². The summed E-state index contributed by atoms with van der Waals surface area (Å²) in [5.41, 5.74) is 0. The maximum absolute atomic E-state index is 12.5. The lowest BCUT2D eigenvalue weighted by atomic mass is 9.85. The Morgan fingerprint density at radius 3 is 2.22 bits per heavy atom. The first-order valence-corrected chi connectivity index (χ1v) is 7.63. The zero-order valence-corrected chi connectivity index (χ0v) is 11.7. The van der Waals surface area contributed by atoms with Crippen molar-refractivity contribution in [2.75, 3.05) is 12.9 Å². The highest BCUT2D eigenvalue weighted by Gasteiger charge is 2.41. The van der Waals surface area contributed by atoms with Crippen LogP contribution in [0.5, 0.6) is 0 Å². The van der Waals surface area contributed by atoms with Gasteiger partial charge in [0.25, 0.3) is 0 Å². The second kappa shape index (κ2) is 7.01. The van der Waals surface area contributed by atoms with Crippen LogP contribution in [-0.4, -0.2) is 41.5 Å². The number of aliphatic hydroxyl groups excluding tert-OH is 1. The summed E-state index contributed by atoms with van der Waals surface area (Å²) in [6.45, 7) is 2.07. The Kier molecular flexibility index (Phi) is 6.27. The molecule has 0 amide bonds. The van der Waals surface area contributed by atoms with E-state index in [9.17, 15) is 13.2 Å². The summed E-state index contributed by atoms with van der Waals surface area (Å²) >= 11 is 1.58. The second-order valence-corrected chi connectivity index (χ2v) is 6.08. The Balaban J connectivity index is 2.35. The molecule has 2 atom stereocenters. The maximum Gasteiger partial charge on any atom is 0.391 e. The van der Waals surface area contributed by atoms with Gasteiger partial charge in [-0.15, -0.1) is 0 Å². The van der Waals surface area contributed by atoms with Gasteiger partial charge < -0.3 is 10.4 Å². The molecule has 2 unspecified atom stereocenters. The number of hydrogen-bond acceptors (Lipinski definition) is 3. The van der Waals surface area contributed by atoms with Crippen LogP contribution in [0.25, 0.3) is 0 Å². The molecular weight excluding hydrogens is 263 g/mol. The molecule has 0 aromatic carbocycles. The topological polar surface area (TPSA) is 32.3 Å². The van der Waals surface area contributed by atoms with Gasteiger partial charge in [-0.25, -0.2) is 0 Å². The van der Waals surface area contributed by atoms with Gasteiger partial charge in [0.2, 0.25) is 0 Å². The number of thioether (sulfide) groups is 1. The Labute approximate surface area is 111 Å². The number of nitrogens with one attached hydrogen (secondary N) is 1. The van der Waals surface area contributed by atoms with E-state index in [0.717, 1.165) is 0 Å². The predicted molar refractivity (Wildman–Crippen MR) is 68.8 cm³/mol. The normalized spacial score (nSPS) is 29.0. The average Bonchev–Trinajstić information content (AvgIpc) is 2.30. The summed E-state index contributed by atoms with van der Waals surface area (Å²) in [5, 5.41) is 12.6. The zero-order chi connectivity index (χ0) is 13.8. The third-order valence-corrected chi connectivity index (χ3v) is 4.89. The fourth-order valence-corrected chi connectivity index (χ4v) is 3.14. The first-order chi connectivity index (χ1) is 8.38. The summed E-state index contributed by atoms with van der Waals surface area (Å²) in [6, 6.07) is 0.275. The smallest absolute Gasteiger partial charge is 0.391 e. The van der Waals surface area contributed by atoms with Crippen LogP contribution >= 0.6 is 11.8 Å². The fraction of sp³-hybridized carbons (Fsp3) is 1.00. The van der Waals surface area contributed by atoms with Crippen LogP contribution in [-0.2, 0) is 0 Å². The van der Waals surface area contributed by atoms with Crippen molar-refractivity contribution in [3.8, 4) is 0 Å². The standard InChI is InChI=1S/C12H22F3NOS/c1-8(11(7-17)18-2)16-10-5-3-9(4-6-10)12(13,14)15/h8-11,16-17H,3-7H2,1-2H3. The van der Waals surface area contributed by atoms with Crippen LogP contribution < -0.4 is 5.32 Å². The molecule has 1 rings (SSSR count). The van der Waals surface area contributed by atoms with Crippen LogP contribution in [0.3, 0.4) is 0 Å². The largest absolute Gasteiger partial charge is 0.395 e. The van der Waals surface area contributed by atoms with Gasteiger partial charge in [-0.05, 0) is 38.9 Å². The number of halogens is 3. The molecule has 6 heteroatoms. The highest BCUT2D eigenvalue weighted by Crippen LogP contribution is 2.37. The summed E-state index contributed by atoms with van der Waals surface area (Å²) in [5.74, 6) is -1.12. The molecule has 2 nitrogen and oxygen atoms in total. The van der Waals surface area contributed by atoms with Crippen molar-refractivity contribution in [2.24, 2.45) is 5.92 Å². The first-order valence-electron chi connectivity index (χ1n) is 6.35. The molecule has 1 aliphatic carbocycles. The third-order valence-electron chi connectivity index (χ3n) is 3.73. The molecule has 0 aromatic rings. The molecule has 2 N–H and O–H groups in total. The number of hydrogen-bond donors (Lipinski definition) is 2. The number of alkyl halides is 3. The van der Waals surface area contributed by atoms with Crippen LogP contribution in [0.2, 0.25) is 0 Å². The van der Waals surface area contributed by atoms with Crippen LogP contribution in [0.4, 0.5) is 13.2 Å². The molecule has 1 aliphatic rings. The summed E-state index contributed by atoms with van der Waals surface area (Å²) < 4.78 is 37.5. The van der Waals surface area contributed by atoms with Crippen molar-refractivity contribution in [1.82, 2.24) is 5.32 Å². The van der Waals surface area contributed by atoms with E-state index in [1.165, 1.54) is 0 Å². The summed E-state index contributed by atoms with van der Waals surface area (Å²) in [7, 11) is 0. The van der Waals surface area contributed by atoms with Gasteiger partial charge in [0, 0.05) is 17.3 Å². The average molecular weight is 285 g/mol. The highest BCUT2D eigenvalue weighted by atomic mass is 32.2. The molecule has 0 saturated heterocycles. The molecule has 0 aromatic heterocycles. The Morgan fingerprint density at radius 1 is 1.28 bits per heavy atom. The van der Waals surface area contributed by atoms with E-state index in [0.29, 0.717) is 12.8 Å². The second-order valence-electron chi connectivity index (χ2n) is 5.00. The van der Waals surface area contributed by atoms with E-state index >= 15 is 0 Å². The number of rotatable bonds is 5. The maximum atomic E-state index is 12.5. The quantitative estimate of drug-likeness (QED) is 0.814. The minimum absolute atomic E-state index is 0.0905. The summed E-state index contributed by atoms with van der Waals surface area (Å²) in [4.78, 5) is 0. The Bertz CT molecular complexity index is 238. The van der Waals surface area contributed by atoms with Gasteiger partial charge in [-0.1, -0.05) is 0 Å². The van der Waals surface area contributed by atoms with E-state index in [4.69, 9.17) is 5.11 Å². The van der Waals surface area contributed by atoms with E-state index in [-0.39, 0.29) is 36.8 Å². The zero-order valence-electron chi connectivity index (χ0n) is 10.8. The molecule has 18 heavy (non-hydrogen) atoms. The van der Waals surface area contributed by atoms with Gasteiger partial charge in [0.05, 0.1) is 12.5 Å². The lowest BCUT2D eigenvalue weighted by molar-refractivity contribution is -0.182. The van der Waals surface area contributed by atoms with Crippen molar-refractivity contribution >= 4 is 11.8 Å². The molecule has 0 aliphatic heterocycles. The van der Waals surface area contributed by atoms with Gasteiger partial charge in [-0.3, -0.25) is 0 Å². The third kappa shape index (κ3) is 4.63. The van der Waals surface area contributed by atoms with Crippen molar-refractivity contribution in [2.45, 2.75) is 56.1 Å². The van der Waals surface area contributed by atoms with Gasteiger partial charge in [-0.2, -0.15) is 24.9 Å². The number of aliphatic hydroxyl groups is 1. The predicted octanol–water partition coefficient (Wildman–Crippen LogP) is 2.81. The Morgan fingerprint density at radius 2 is 1.83 bits per heavy atom.